The van der Waals surface area contributed by atoms with Gasteiger partial charge >= 0.3 is 5.97 Å². The molecule has 1 atom stereocenters. The van der Waals surface area contributed by atoms with Gasteiger partial charge < -0.3 is 10.0 Å². The maximum Gasteiger partial charge on any atom is 0.327 e. The number of carboxylic acid groups (broad SMARTS) is 1. The Morgan fingerprint density at radius 2 is 2.31 bits per heavy atom. The lowest BCUT2D eigenvalue weighted by Crippen LogP contribution is -2.58. The van der Waals surface area contributed by atoms with Gasteiger partial charge in [-0.2, -0.15) is 0 Å². The molecule has 0 aromatic carbocycles. The quantitative estimate of drug-likeness (QED) is 0.615. The zero-order valence-electron chi connectivity index (χ0n) is 7.86. The molecule has 1 aliphatic heterocycles. The van der Waals surface area contributed by atoms with Gasteiger partial charge in [0, 0.05) is 13.1 Å². The van der Waals surface area contributed by atoms with Crippen LogP contribution in [-0.4, -0.2) is 59.5 Å². The first kappa shape index (κ1) is 9.98. The van der Waals surface area contributed by atoms with Crippen LogP contribution in [0.3, 0.4) is 0 Å². The van der Waals surface area contributed by atoms with Crippen molar-refractivity contribution in [2.24, 2.45) is 0 Å². The van der Waals surface area contributed by atoms with Gasteiger partial charge in [0.25, 0.3) is 0 Å². The van der Waals surface area contributed by atoms with Crippen molar-refractivity contribution in [3.63, 3.8) is 0 Å². The number of amides is 1. The van der Waals surface area contributed by atoms with Crippen LogP contribution in [0.4, 0.5) is 0 Å². The fraction of sp³-hybridized carbons (Fsp3) is 0.750. The Labute approximate surface area is 76.9 Å². The Hall–Kier alpha value is -1.10. The summed E-state index contributed by atoms with van der Waals surface area (Å²) < 4.78 is 0. The zero-order valence-corrected chi connectivity index (χ0v) is 7.86. The van der Waals surface area contributed by atoms with E-state index in [-0.39, 0.29) is 5.91 Å². The minimum atomic E-state index is -0.929. The maximum absolute atomic E-state index is 11.4. The third-order valence-corrected chi connectivity index (χ3v) is 2.21. The van der Waals surface area contributed by atoms with Crippen molar-refractivity contribution in [2.45, 2.75) is 13.0 Å². The van der Waals surface area contributed by atoms with Crippen LogP contribution in [-0.2, 0) is 9.59 Å². The Morgan fingerprint density at radius 1 is 1.69 bits per heavy atom. The van der Waals surface area contributed by atoms with Crippen molar-refractivity contribution in [3.05, 3.63) is 0 Å². The monoisotopic (exact) mass is 186 g/mol. The molecule has 0 aromatic rings. The number of nitrogens with zero attached hydrogens (tertiary/aromatic N) is 2. The minimum absolute atomic E-state index is 0.108. The van der Waals surface area contributed by atoms with Crippen molar-refractivity contribution in [3.8, 4) is 0 Å². The molecule has 1 unspecified atom stereocenters. The Kier molecular flexibility index (Phi) is 2.87. The molecule has 1 amide bonds. The van der Waals surface area contributed by atoms with E-state index in [0.29, 0.717) is 19.6 Å². The molecule has 1 fully saturated rings. The Bertz CT molecular complexity index is 229. The SMILES string of the molecule is CCN1C(=O)CN(C)CC1C(=O)O. The van der Waals surface area contributed by atoms with Crippen molar-refractivity contribution in [2.75, 3.05) is 26.7 Å². The average molecular weight is 186 g/mol. The molecular weight excluding hydrogens is 172 g/mol. The fourth-order valence-corrected chi connectivity index (χ4v) is 1.56. The van der Waals surface area contributed by atoms with Crippen LogP contribution >= 0.6 is 0 Å². The number of rotatable bonds is 2. The highest BCUT2D eigenvalue weighted by Gasteiger charge is 2.34. The molecule has 1 heterocycles. The molecule has 1 aliphatic rings. The van der Waals surface area contributed by atoms with Crippen molar-refractivity contribution in [1.29, 1.82) is 0 Å². The van der Waals surface area contributed by atoms with Gasteiger partial charge in [0.05, 0.1) is 6.54 Å². The van der Waals surface area contributed by atoms with Gasteiger partial charge in [0.2, 0.25) is 5.91 Å². The third kappa shape index (κ3) is 1.98. The topological polar surface area (TPSA) is 60.9 Å². The first-order valence-corrected chi connectivity index (χ1v) is 4.27. The van der Waals surface area contributed by atoms with E-state index in [0.717, 1.165) is 0 Å². The number of carboxylic acids is 1. The summed E-state index contributed by atoms with van der Waals surface area (Å²) in [6, 6.07) is -0.684. The standard InChI is InChI=1S/C8H14N2O3/c1-3-10-6(8(12)13)4-9(2)5-7(10)11/h6H,3-5H2,1-2H3,(H,12,13). The van der Waals surface area contributed by atoms with Gasteiger partial charge in [-0.1, -0.05) is 0 Å². The van der Waals surface area contributed by atoms with Gasteiger partial charge in [-0.3, -0.25) is 9.69 Å². The lowest BCUT2D eigenvalue weighted by atomic mass is 10.1. The van der Waals surface area contributed by atoms with Crippen molar-refractivity contribution in [1.82, 2.24) is 9.80 Å². The second-order valence-corrected chi connectivity index (χ2v) is 3.23. The van der Waals surface area contributed by atoms with Crippen LogP contribution in [0, 0.1) is 0 Å². The van der Waals surface area contributed by atoms with Crippen LogP contribution in [0.2, 0.25) is 0 Å². The van der Waals surface area contributed by atoms with E-state index in [2.05, 4.69) is 0 Å². The molecule has 13 heavy (non-hydrogen) atoms. The predicted octanol–water partition coefficient (Wildman–Crippen LogP) is -0.766. The average Bonchev–Trinajstić information content (AvgIpc) is 2.02. The largest absolute Gasteiger partial charge is 0.480 e. The normalized spacial score (nSPS) is 24.9. The molecule has 0 aromatic heterocycles. The number of likely N-dealkylation sites (N-methyl/N-ethyl adjacent to an activating group) is 2. The van der Waals surface area contributed by atoms with Gasteiger partial charge in [-0.05, 0) is 14.0 Å². The first-order valence-electron chi connectivity index (χ1n) is 4.27. The molecule has 74 valence electrons. The van der Waals surface area contributed by atoms with Crippen LogP contribution in [0.15, 0.2) is 0 Å². The molecule has 0 aliphatic carbocycles. The summed E-state index contributed by atoms with van der Waals surface area (Å²) in [4.78, 5) is 25.3. The lowest BCUT2D eigenvalue weighted by Gasteiger charge is -2.36. The van der Waals surface area contributed by atoms with E-state index in [9.17, 15) is 9.59 Å². The molecule has 0 saturated carbocycles. The van der Waals surface area contributed by atoms with Crippen LogP contribution in [0.25, 0.3) is 0 Å². The Balaban J connectivity index is 2.77. The second kappa shape index (κ2) is 3.74. The summed E-state index contributed by atoms with van der Waals surface area (Å²) in [5, 5.41) is 8.85. The molecule has 5 nitrogen and oxygen atoms in total. The third-order valence-electron chi connectivity index (χ3n) is 2.21. The molecule has 1 saturated heterocycles. The lowest BCUT2D eigenvalue weighted by molar-refractivity contribution is -0.155. The second-order valence-electron chi connectivity index (χ2n) is 3.23. The molecule has 5 heteroatoms. The van der Waals surface area contributed by atoms with Crippen molar-refractivity contribution < 1.29 is 14.7 Å². The van der Waals surface area contributed by atoms with Gasteiger partial charge in [0.1, 0.15) is 6.04 Å². The molecular formula is C8H14N2O3. The van der Waals surface area contributed by atoms with Gasteiger partial charge in [0.15, 0.2) is 0 Å². The molecule has 1 N–H and O–H groups in total. The summed E-state index contributed by atoms with van der Waals surface area (Å²) >= 11 is 0. The van der Waals surface area contributed by atoms with Crippen LogP contribution < -0.4 is 0 Å². The molecule has 0 spiro atoms. The van der Waals surface area contributed by atoms with Crippen LogP contribution in [0.5, 0.6) is 0 Å². The molecule has 0 radical (unpaired) electrons. The summed E-state index contributed by atoms with van der Waals surface area (Å²) in [6.45, 7) is 2.98. The van der Waals surface area contributed by atoms with Crippen molar-refractivity contribution >= 4 is 11.9 Å². The van der Waals surface area contributed by atoms with Gasteiger partial charge in [-0.15, -0.1) is 0 Å². The number of hydrogen-bond donors (Lipinski definition) is 1. The number of aliphatic carboxylic acids is 1. The summed E-state index contributed by atoms with van der Waals surface area (Å²) in [5.41, 5.74) is 0. The van der Waals surface area contributed by atoms with Gasteiger partial charge in [-0.25, -0.2) is 4.79 Å². The maximum atomic E-state index is 11.4. The van der Waals surface area contributed by atoms with E-state index < -0.39 is 12.0 Å². The molecule has 1 rings (SSSR count). The van der Waals surface area contributed by atoms with E-state index in [1.807, 2.05) is 0 Å². The minimum Gasteiger partial charge on any atom is -0.480 e. The summed E-state index contributed by atoms with van der Waals surface area (Å²) in [7, 11) is 1.75. The summed E-state index contributed by atoms with van der Waals surface area (Å²) in [6.07, 6.45) is 0. The highest BCUT2D eigenvalue weighted by atomic mass is 16.4. The number of carbonyl (C=O) groups is 2. The van der Waals surface area contributed by atoms with E-state index in [4.69, 9.17) is 5.11 Å². The number of hydrogen-bond acceptors (Lipinski definition) is 3. The first-order chi connectivity index (χ1) is 6.06. The zero-order chi connectivity index (χ0) is 10.0. The highest BCUT2D eigenvalue weighted by Crippen LogP contribution is 2.09. The predicted molar refractivity (Wildman–Crippen MR) is 46.3 cm³/mol. The van der Waals surface area contributed by atoms with E-state index in [1.54, 1.807) is 18.9 Å². The Morgan fingerprint density at radius 3 is 2.77 bits per heavy atom. The number of piperazine rings is 1. The summed E-state index contributed by atoms with van der Waals surface area (Å²) in [5.74, 6) is -1.04. The van der Waals surface area contributed by atoms with E-state index in [1.165, 1.54) is 4.90 Å². The highest BCUT2D eigenvalue weighted by molar-refractivity contribution is 5.86. The van der Waals surface area contributed by atoms with E-state index >= 15 is 0 Å². The fourth-order valence-electron chi connectivity index (χ4n) is 1.56. The van der Waals surface area contributed by atoms with Crippen LogP contribution in [0.1, 0.15) is 6.92 Å². The molecule has 0 bridgehead atoms. The number of carbonyl (C=O) groups excluding carboxylic acids is 1. The smallest absolute Gasteiger partial charge is 0.327 e.